The first-order valence-corrected chi connectivity index (χ1v) is 8.77. The third-order valence-corrected chi connectivity index (χ3v) is 4.33. The number of fused-ring (bicyclic) bond motifs is 1. The number of benzene rings is 3. The molecular formula is C22H19FN4. The van der Waals surface area contributed by atoms with Gasteiger partial charge in [0.2, 0.25) is 5.95 Å². The van der Waals surface area contributed by atoms with Gasteiger partial charge in [0.1, 0.15) is 11.6 Å². The van der Waals surface area contributed by atoms with Crippen molar-refractivity contribution in [3.8, 4) is 0 Å². The Morgan fingerprint density at radius 2 is 1.67 bits per heavy atom. The van der Waals surface area contributed by atoms with Crippen molar-refractivity contribution < 1.29 is 4.39 Å². The van der Waals surface area contributed by atoms with Crippen molar-refractivity contribution in [1.29, 1.82) is 0 Å². The molecule has 3 aromatic carbocycles. The number of nitrogens with one attached hydrogen (secondary N) is 2. The summed E-state index contributed by atoms with van der Waals surface area (Å²) in [5.41, 5.74) is 3.20. The highest BCUT2D eigenvalue weighted by Crippen LogP contribution is 2.24. The predicted molar refractivity (Wildman–Crippen MR) is 108 cm³/mol. The fourth-order valence-corrected chi connectivity index (χ4v) is 2.85. The Labute approximate surface area is 157 Å². The normalized spacial score (nSPS) is 10.7. The van der Waals surface area contributed by atoms with E-state index in [1.54, 1.807) is 13.0 Å². The number of nitrogens with zero attached hydrogens (tertiary/aromatic N) is 2. The molecule has 1 heterocycles. The van der Waals surface area contributed by atoms with Gasteiger partial charge in [-0.05, 0) is 42.3 Å². The highest BCUT2D eigenvalue weighted by atomic mass is 19.1. The summed E-state index contributed by atoms with van der Waals surface area (Å²) < 4.78 is 13.8. The third-order valence-electron chi connectivity index (χ3n) is 4.33. The van der Waals surface area contributed by atoms with Gasteiger partial charge < -0.3 is 10.6 Å². The molecular weight excluding hydrogens is 339 g/mol. The van der Waals surface area contributed by atoms with Crippen LogP contribution in [0.1, 0.15) is 11.1 Å². The van der Waals surface area contributed by atoms with E-state index in [-0.39, 0.29) is 5.82 Å². The number of halogens is 1. The molecule has 0 bridgehead atoms. The number of hydrogen-bond acceptors (Lipinski definition) is 4. The fourth-order valence-electron chi connectivity index (χ4n) is 2.85. The van der Waals surface area contributed by atoms with Crippen LogP contribution in [-0.2, 0) is 6.54 Å². The minimum atomic E-state index is -0.261. The van der Waals surface area contributed by atoms with Crippen LogP contribution in [-0.4, -0.2) is 9.97 Å². The van der Waals surface area contributed by atoms with Gasteiger partial charge >= 0.3 is 0 Å². The summed E-state index contributed by atoms with van der Waals surface area (Å²) >= 11 is 0. The van der Waals surface area contributed by atoms with Crippen molar-refractivity contribution in [2.24, 2.45) is 0 Å². The van der Waals surface area contributed by atoms with Gasteiger partial charge in [0.15, 0.2) is 0 Å². The van der Waals surface area contributed by atoms with Crippen LogP contribution in [0.25, 0.3) is 10.9 Å². The zero-order chi connectivity index (χ0) is 18.6. The van der Waals surface area contributed by atoms with Gasteiger partial charge in [-0.25, -0.2) is 9.37 Å². The van der Waals surface area contributed by atoms with Gasteiger partial charge in [0.05, 0.1) is 5.52 Å². The van der Waals surface area contributed by atoms with Crippen molar-refractivity contribution in [3.05, 3.63) is 89.7 Å². The zero-order valence-electron chi connectivity index (χ0n) is 14.9. The number of aryl methyl sites for hydroxylation is 1. The smallest absolute Gasteiger partial charge is 0.229 e. The Bertz CT molecular complexity index is 1080. The molecule has 0 aliphatic heterocycles. The van der Waals surface area contributed by atoms with E-state index in [0.29, 0.717) is 23.7 Å². The van der Waals surface area contributed by atoms with E-state index >= 15 is 0 Å². The summed E-state index contributed by atoms with van der Waals surface area (Å²) in [4.78, 5) is 9.16. The van der Waals surface area contributed by atoms with E-state index in [2.05, 4.69) is 32.7 Å². The molecule has 0 spiro atoms. The lowest BCUT2D eigenvalue weighted by atomic mass is 10.2. The highest BCUT2D eigenvalue weighted by Gasteiger charge is 2.08. The van der Waals surface area contributed by atoms with E-state index < -0.39 is 0 Å². The van der Waals surface area contributed by atoms with Crippen LogP contribution in [0.5, 0.6) is 0 Å². The molecule has 0 aliphatic rings. The summed E-state index contributed by atoms with van der Waals surface area (Å²) in [5, 5.41) is 7.42. The molecule has 0 amide bonds. The van der Waals surface area contributed by atoms with E-state index in [0.717, 1.165) is 22.3 Å². The van der Waals surface area contributed by atoms with Crippen molar-refractivity contribution in [3.63, 3.8) is 0 Å². The number of aromatic nitrogens is 2. The fraction of sp³-hybridized carbons (Fsp3) is 0.0909. The summed E-state index contributed by atoms with van der Waals surface area (Å²) in [6, 6.07) is 22.9. The van der Waals surface area contributed by atoms with Crippen LogP contribution in [0.2, 0.25) is 0 Å². The molecule has 2 N–H and O–H groups in total. The molecule has 0 aliphatic carbocycles. The molecule has 0 unspecified atom stereocenters. The Kier molecular flexibility index (Phi) is 4.66. The first kappa shape index (κ1) is 17.0. The summed E-state index contributed by atoms with van der Waals surface area (Å²) in [5.74, 6) is 0.898. The summed E-state index contributed by atoms with van der Waals surface area (Å²) in [7, 11) is 0. The molecule has 0 fully saturated rings. The Balaban J connectivity index is 1.66. The standard InChI is InChI=1S/C22H19FN4/c1-15-11-12-17(13-19(15)23)25-22-26-20-10-6-5-9-18(20)21(27-22)24-14-16-7-3-2-4-8-16/h2-13H,14H2,1H3,(H2,24,25,26,27). The molecule has 0 atom stereocenters. The molecule has 4 aromatic rings. The van der Waals surface area contributed by atoms with Crippen LogP contribution >= 0.6 is 0 Å². The van der Waals surface area contributed by atoms with E-state index in [9.17, 15) is 4.39 Å². The molecule has 1 aromatic heterocycles. The van der Waals surface area contributed by atoms with Crippen LogP contribution in [0, 0.1) is 12.7 Å². The maximum atomic E-state index is 13.8. The number of hydrogen-bond donors (Lipinski definition) is 2. The van der Waals surface area contributed by atoms with E-state index in [4.69, 9.17) is 0 Å². The molecule has 27 heavy (non-hydrogen) atoms. The minimum Gasteiger partial charge on any atom is -0.365 e. The highest BCUT2D eigenvalue weighted by molar-refractivity contribution is 5.90. The van der Waals surface area contributed by atoms with Gasteiger partial charge in [0, 0.05) is 17.6 Å². The van der Waals surface area contributed by atoms with Crippen molar-refractivity contribution >= 4 is 28.4 Å². The molecule has 0 radical (unpaired) electrons. The lowest BCUT2D eigenvalue weighted by Gasteiger charge is -2.12. The van der Waals surface area contributed by atoms with Gasteiger partial charge in [0.25, 0.3) is 0 Å². The molecule has 4 nitrogen and oxygen atoms in total. The number of para-hydroxylation sites is 1. The second-order valence-electron chi connectivity index (χ2n) is 6.34. The largest absolute Gasteiger partial charge is 0.365 e. The predicted octanol–water partition coefficient (Wildman–Crippen LogP) is 5.43. The number of rotatable bonds is 5. The van der Waals surface area contributed by atoms with Crippen molar-refractivity contribution in [2.45, 2.75) is 13.5 Å². The first-order chi connectivity index (χ1) is 13.2. The Morgan fingerprint density at radius 3 is 2.48 bits per heavy atom. The average molecular weight is 358 g/mol. The second kappa shape index (κ2) is 7.41. The lowest BCUT2D eigenvalue weighted by molar-refractivity contribution is 0.619. The quantitative estimate of drug-likeness (QED) is 0.499. The van der Waals surface area contributed by atoms with E-state index in [1.165, 1.54) is 6.07 Å². The average Bonchev–Trinajstić information content (AvgIpc) is 2.70. The molecule has 134 valence electrons. The van der Waals surface area contributed by atoms with Crippen molar-refractivity contribution in [1.82, 2.24) is 9.97 Å². The zero-order valence-corrected chi connectivity index (χ0v) is 14.9. The third kappa shape index (κ3) is 3.87. The van der Waals surface area contributed by atoms with Gasteiger partial charge in [-0.3, -0.25) is 0 Å². The van der Waals surface area contributed by atoms with Crippen LogP contribution in [0.3, 0.4) is 0 Å². The van der Waals surface area contributed by atoms with Gasteiger partial charge in [-0.2, -0.15) is 4.98 Å². The maximum Gasteiger partial charge on any atom is 0.229 e. The van der Waals surface area contributed by atoms with E-state index in [1.807, 2.05) is 48.5 Å². The van der Waals surface area contributed by atoms with Crippen LogP contribution in [0.15, 0.2) is 72.8 Å². The number of anilines is 3. The molecule has 4 rings (SSSR count). The molecule has 0 saturated carbocycles. The van der Waals surface area contributed by atoms with Crippen LogP contribution < -0.4 is 10.6 Å². The SMILES string of the molecule is Cc1ccc(Nc2nc(NCc3ccccc3)c3ccccc3n2)cc1F. The first-order valence-electron chi connectivity index (χ1n) is 8.77. The topological polar surface area (TPSA) is 49.8 Å². The lowest BCUT2D eigenvalue weighted by Crippen LogP contribution is -2.06. The Hall–Kier alpha value is -3.47. The Morgan fingerprint density at radius 1 is 0.889 bits per heavy atom. The maximum absolute atomic E-state index is 13.8. The van der Waals surface area contributed by atoms with Crippen molar-refractivity contribution in [2.75, 3.05) is 10.6 Å². The monoisotopic (exact) mass is 358 g/mol. The van der Waals surface area contributed by atoms with Gasteiger partial charge in [-0.1, -0.05) is 48.5 Å². The molecule has 5 heteroatoms. The van der Waals surface area contributed by atoms with Gasteiger partial charge in [-0.15, -0.1) is 0 Å². The minimum absolute atomic E-state index is 0.261. The van der Waals surface area contributed by atoms with Crippen LogP contribution in [0.4, 0.5) is 21.8 Å². The summed E-state index contributed by atoms with van der Waals surface area (Å²) in [6.07, 6.45) is 0. The summed E-state index contributed by atoms with van der Waals surface area (Å²) in [6.45, 7) is 2.39. The molecule has 0 saturated heterocycles. The second-order valence-corrected chi connectivity index (χ2v) is 6.34.